The Balaban J connectivity index is 2.01. The van der Waals surface area contributed by atoms with Crippen molar-refractivity contribution in [2.75, 3.05) is 19.6 Å². The van der Waals surface area contributed by atoms with Crippen molar-refractivity contribution >= 4 is 17.8 Å². The topological polar surface area (TPSA) is 86.7 Å². The molecule has 2 N–H and O–H groups in total. The van der Waals surface area contributed by atoms with E-state index in [0.29, 0.717) is 13.1 Å². The standard InChI is InChI=1S/C14H22N2O4/c17-11-10-16(7-6-15-11)12(18)8-14(9-13(19)20)4-2-1-3-5-14/h1-10H2,(H,15,17)(H,19,20). The Kier molecular flexibility index (Phi) is 4.62. The molecule has 1 aliphatic carbocycles. The molecule has 0 radical (unpaired) electrons. The number of hydrogen-bond donors (Lipinski definition) is 2. The fourth-order valence-electron chi connectivity index (χ4n) is 3.32. The van der Waals surface area contributed by atoms with Gasteiger partial charge in [0.2, 0.25) is 11.8 Å². The van der Waals surface area contributed by atoms with Gasteiger partial charge in [-0.1, -0.05) is 19.3 Å². The highest BCUT2D eigenvalue weighted by molar-refractivity contribution is 5.86. The average molecular weight is 282 g/mol. The minimum absolute atomic E-state index is 0.0543. The Morgan fingerprint density at radius 1 is 1.20 bits per heavy atom. The smallest absolute Gasteiger partial charge is 0.303 e. The van der Waals surface area contributed by atoms with Gasteiger partial charge < -0.3 is 15.3 Å². The third kappa shape index (κ3) is 3.71. The predicted molar refractivity (Wildman–Crippen MR) is 72.0 cm³/mol. The highest BCUT2D eigenvalue weighted by Gasteiger charge is 2.38. The van der Waals surface area contributed by atoms with Gasteiger partial charge in [-0.3, -0.25) is 14.4 Å². The normalized spacial score (nSPS) is 22.2. The zero-order valence-electron chi connectivity index (χ0n) is 11.7. The first-order valence-electron chi connectivity index (χ1n) is 7.27. The van der Waals surface area contributed by atoms with Crippen molar-refractivity contribution in [2.45, 2.75) is 44.9 Å². The van der Waals surface area contributed by atoms with E-state index in [4.69, 9.17) is 5.11 Å². The van der Waals surface area contributed by atoms with Crippen molar-refractivity contribution in [1.82, 2.24) is 10.2 Å². The average Bonchev–Trinajstić information content (AvgIpc) is 2.38. The summed E-state index contributed by atoms with van der Waals surface area (Å²) in [5.74, 6) is -1.06. The second-order valence-corrected chi connectivity index (χ2v) is 5.97. The number of hydrogen-bond acceptors (Lipinski definition) is 3. The molecule has 6 heteroatoms. The fraction of sp³-hybridized carbons (Fsp3) is 0.786. The highest BCUT2D eigenvalue weighted by Crippen LogP contribution is 2.42. The van der Waals surface area contributed by atoms with E-state index in [1.165, 1.54) is 0 Å². The number of carboxylic acids is 1. The second kappa shape index (κ2) is 6.24. The number of amides is 2. The van der Waals surface area contributed by atoms with Gasteiger partial charge in [-0.2, -0.15) is 0 Å². The van der Waals surface area contributed by atoms with Crippen LogP contribution in [0.15, 0.2) is 0 Å². The van der Waals surface area contributed by atoms with Gasteiger partial charge in [0.15, 0.2) is 0 Å². The Labute approximate surface area is 118 Å². The third-order valence-corrected chi connectivity index (χ3v) is 4.36. The molecular weight excluding hydrogens is 260 g/mol. The summed E-state index contributed by atoms with van der Waals surface area (Å²) in [5, 5.41) is 11.8. The quantitative estimate of drug-likeness (QED) is 0.797. The van der Waals surface area contributed by atoms with Gasteiger partial charge in [0.05, 0.1) is 13.0 Å². The molecule has 1 heterocycles. The van der Waals surface area contributed by atoms with Gasteiger partial charge in [-0.25, -0.2) is 0 Å². The molecule has 0 aromatic heterocycles. The Hall–Kier alpha value is -1.59. The molecular formula is C14H22N2O4. The summed E-state index contributed by atoms with van der Waals surface area (Å²) in [6.07, 6.45) is 4.99. The lowest BCUT2D eigenvalue weighted by Gasteiger charge is -2.37. The van der Waals surface area contributed by atoms with Crippen LogP contribution in [0.25, 0.3) is 0 Å². The van der Waals surface area contributed by atoms with E-state index in [0.717, 1.165) is 32.1 Å². The number of carboxylic acid groups (broad SMARTS) is 1. The molecule has 0 bridgehead atoms. The first-order valence-corrected chi connectivity index (χ1v) is 7.27. The van der Waals surface area contributed by atoms with Gasteiger partial charge >= 0.3 is 5.97 Å². The first kappa shape index (κ1) is 14.8. The molecule has 1 aliphatic heterocycles. The SMILES string of the molecule is O=C(O)CC1(CC(=O)N2CCNC(=O)C2)CCCCC1. The number of carbonyl (C=O) groups is 3. The van der Waals surface area contributed by atoms with Crippen LogP contribution in [0.4, 0.5) is 0 Å². The van der Waals surface area contributed by atoms with E-state index in [9.17, 15) is 14.4 Å². The van der Waals surface area contributed by atoms with Gasteiger partial charge in [-0.05, 0) is 18.3 Å². The van der Waals surface area contributed by atoms with E-state index in [-0.39, 0.29) is 31.2 Å². The molecule has 20 heavy (non-hydrogen) atoms. The van der Waals surface area contributed by atoms with Crippen molar-refractivity contribution in [3.63, 3.8) is 0 Å². The lowest BCUT2D eigenvalue weighted by Crippen LogP contribution is -2.51. The van der Waals surface area contributed by atoms with Crippen LogP contribution in [0, 0.1) is 5.41 Å². The molecule has 1 saturated heterocycles. The van der Waals surface area contributed by atoms with Crippen LogP contribution in [-0.2, 0) is 14.4 Å². The van der Waals surface area contributed by atoms with E-state index in [1.807, 2.05) is 0 Å². The van der Waals surface area contributed by atoms with Crippen LogP contribution in [0.3, 0.4) is 0 Å². The lowest BCUT2D eigenvalue weighted by atomic mass is 9.69. The van der Waals surface area contributed by atoms with Crippen molar-refractivity contribution < 1.29 is 19.5 Å². The molecule has 2 fully saturated rings. The zero-order valence-corrected chi connectivity index (χ0v) is 11.7. The largest absolute Gasteiger partial charge is 0.481 e. The van der Waals surface area contributed by atoms with Crippen molar-refractivity contribution in [2.24, 2.45) is 5.41 Å². The van der Waals surface area contributed by atoms with Crippen LogP contribution in [0.5, 0.6) is 0 Å². The molecule has 2 rings (SSSR count). The molecule has 1 saturated carbocycles. The number of piperazine rings is 1. The number of rotatable bonds is 4. The van der Waals surface area contributed by atoms with Gasteiger partial charge in [0.1, 0.15) is 0 Å². The van der Waals surface area contributed by atoms with Crippen LogP contribution in [-0.4, -0.2) is 47.4 Å². The monoisotopic (exact) mass is 282 g/mol. The predicted octanol–water partition coefficient (Wildman–Crippen LogP) is 0.760. The fourth-order valence-corrected chi connectivity index (χ4v) is 3.32. The van der Waals surface area contributed by atoms with Crippen LogP contribution in [0.1, 0.15) is 44.9 Å². The molecule has 6 nitrogen and oxygen atoms in total. The van der Waals surface area contributed by atoms with Crippen molar-refractivity contribution in [3.05, 3.63) is 0 Å². The molecule has 0 aromatic carbocycles. The summed E-state index contributed by atoms with van der Waals surface area (Å²) < 4.78 is 0. The zero-order chi connectivity index (χ0) is 14.6. The Morgan fingerprint density at radius 3 is 2.50 bits per heavy atom. The molecule has 2 aliphatic rings. The third-order valence-electron chi connectivity index (χ3n) is 4.36. The van der Waals surface area contributed by atoms with E-state index < -0.39 is 11.4 Å². The van der Waals surface area contributed by atoms with Crippen molar-refractivity contribution in [1.29, 1.82) is 0 Å². The first-order chi connectivity index (χ1) is 9.51. The molecule has 0 atom stereocenters. The lowest BCUT2D eigenvalue weighted by molar-refractivity contribution is -0.144. The summed E-state index contributed by atoms with van der Waals surface area (Å²) in [5.41, 5.74) is -0.408. The van der Waals surface area contributed by atoms with E-state index in [2.05, 4.69) is 5.32 Å². The second-order valence-electron chi connectivity index (χ2n) is 5.97. The number of nitrogens with zero attached hydrogens (tertiary/aromatic N) is 1. The number of aliphatic carboxylic acids is 1. The van der Waals surface area contributed by atoms with Crippen LogP contribution < -0.4 is 5.32 Å². The maximum atomic E-state index is 12.4. The maximum absolute atomic E-state index is 12.4. The van der Waals surface area contributed by atoms with Crippen LogP contribution in [0.2, 0.25) is 0 Å². The summed E-state index contributed by atoms with van der Waals surface area (Å²) in [6, 6.07) is 0. The summed E-state index contributed by atoms with van der Waals surface area (Å²) in [4.78, 5) is 36.3. The highest BCUT2D eigenvalue weighted by atomic mass is 16.4. The molecule has 0 aromatic rings. The molecule has 112 valence electrons. The minimum atomic E-state index is -0.837. The van der Waals surface area contributed by atoms with Gasteiger partial charge in [0.25, 0.3) is 0 Å². The van der Waals surface area contributed by atoms with Crippen molar-refractivity contribution in [3.8, 4) is 0 Å². The van der Waals surface area contributed by atoms with Gasteiger partial charge in [0, 0.05) is 19.5 Å². The maximum Gasteiger partial charge on any atom is 0.303 e. The molecule has 0 unspecified atom stereocenters. The molecule has 0 spiro atoms. The Bertz CT molecular complexity index is 402. The van der Waals surface area contributed by atoms with Crippen LogP contribution >= 0.6 is 0 Å². The minimum Gasteiger partial charge on any atom is -0.481 e. The number of carbonyl (C=O) groups excluding carboxylic acids is 2. The molecule has 2 amide bonds. The van der Waals surface area contributed by atoms with E-state index >= 15 is 0 Å². The summed E-state index contributed by atoms with van der Waals surface area (Å²) in [7, 11) is 0. The Morgan fingerprint density at radius 2 is 1.90 bits per heavy atom. The number of nitrogens with one attached hydrogen (secondary N) is 1. The summed E-state index contributed by atoms with van der Waals surface area (Å²) >= 11 is 0. The van der Waals surface area contributed by atoms with Gasteiger partial charge in [-0.15, -0.1) is 0 Å². The van der Waals surface area contributed by atoms with E-state index in [1.54, 1.807) is 4.90 Å². The summed E-state index contributed by atoms with van der Waals surface area (Å²) in [6.45, 7) is 1.10.